The number of rotatable bonds is 6. The molecule has 1 unspecified atom stereocenters. The highest BCUT2D eigenvalue weighted by molar-refractivity contribution is 5.69. The van der Waals surface area contributed by atoms with Crippen LogP contribution in [0.5, 0.6) is 0 Å². The third kappa shape index (κ3) is 4.07. The Morgan fingerprint density at radius 1 is 1.30 bits per heavy atom. The molecule has 2 rings (SSSR count). The van der Waals surface area contributed by atoms with Crippen LogP contribution in [0, 0.1) is 0 Å². The number of carbonyl (C=O) groups is 1. The minimum Gasteiger partial charge on any atom is -0.469 e. The molecule has 0 bridgehead atoms. The molecule has 0 saturated heterocycles. The lowest BCUT2D eigenvalue weighted by molar-refractivity contribution is -0.140. The van der Waals surface area contributed by atoms with Gasteiger partial charge in [0.05, 0.1) is 7.11 Å². The Balaban J connectivity index is 1.83. The predicted octanol–water partition coefficient (Wildman–Crippen LogP) is 3.17. The number of benzene rings is 1. The van der Waals surface area contributed by atoms with Crippen LogP contribution in [0.25, 0.3) is 0 Å². The van der Waals surface area contributed by atoms with Crippen molar-refractivity contribution in [1.29, 1.82) is 0 Å². The predicted molar refractivity (Wildman–Crippen MR) is 80.8 cm³/mol. The number of fused-ring (bicyclic) bond motifs is 1. The molecule has 3 nitrogen and oxygen atoms in total. The Morgan fingerprint density at radius 3 is 2.80 bits per heavy atom. The number of carbonyl (C=O) groups excluding carboxylic acids is 1. The molecule has 20 heavy (non-hydrogen) atoms. The lowest BCUT2D eigenvalue weighted by Gasteiger charge is -2.20. The monoisotopic (exact) mass is 275 g/mol. The Morgan fingerprint density at radius 2 is 2.05 bits per heavy atom. The van der Waals surface area contributed by atoms with Gasteiger partial charge in [0, 0.05) is 12.5 Å². The van der Waals surface area contributed by atoms with Crippen molar-refractivity contribution < 1.29 is 9.53 Å². The SMILES string of the molecule is COC(=O)CCCNC(C)c1ccc2c(c1)CCCC2. The quantitative estimate of drug-likeness (QED) is 0.640. The summed E-state index contributed by atoms with van der Waals surface area (Å²) in [5.41, 5.74) is 4.40. The molecule has 0 aromatic heterocycles. The van der Waals surface area contributed by atoms with Gasteiger partial charge < -0.3 is 10.1 Å². The first-order valence-electron chi connectivity index (χ1n) is 7.62. The second kappa shape index (κ2) is 7.44. The molecule has 110 valence electrons. The van der Waals surface area contributed by atoms with Crippen LogP contribution in [-0.2, 0) is 22.4 Å². The average Bonchev–Trinajstić information content (AvgIpc) is 2.50. The van der Waals surface area contributed by atoms with Crippen molar-refractivity contribution in [2.45, 2.75) is 51.5 Å². The third-order valence-electron chi connectivity index (χ3n) is 4.11. The van der Waals surface area contributed by atoms with Gasteiger partial charge in [0.2, 0.25) is 0 Å². The molecule has 0 fully saturated rings. The van der Waals surface area contributed by atoms with E-state index in [0.717, 1.165) is 13.0 Å². The van der Waals surface area contributed by atoms with Crippen LogP contribution in [0.2, 0.25) is 0 Å². The summed E-state index contributed by atoms with van der Waals surface area (Å²) >= 11 is 0. The number of nitrogens with one attached hydrogen (secondary N) is 1. The highest BCUT2D eigenvalue weighted by Crippen LogP contribution is 2.24. The lowest BCUT2D eigenvalue weighted by atomic mass is 9.89. The van der Waals surface area contributed by atoms with Gasteiger partial charge >= 0.3 is 5.97 Å². The minimum atomic E-state index is -0.131. The lowest BCUT2D eigenvalue weighted by Crippen LogP contribution is -2.21. The number of ether oxygens (including phenoxy) is 1. The fourth-order valence-electron chi connectivity index (χ4n) is 2.79. The highest BCUT2D eigenvalue weighted by Gasteiger charge is 2.12. The van der Waals surface area contributed by atoms with Gasteiger partial charge in [-0.25, -0.2) is 0 Å². The molecule has 1 atom stereocenters. The second-order valence-corrected chi connectivity index (χ2v) is 5.59. The number of hydrogen-bond donors (Lipinski definition) is 1. The summed E-state index contributed by atoms with van der Waals surface area (Å²) in [4.78, 5) is 11.0. The highest BCUT2D eigenvalue weighted by atomic mass is 16.5. The van der Waals surface area contributed by atoms with E-state index < -0.39 is 0 Å². The van der Waals surface area contributed by atoms with Gasteiger partial charge in [-0.15, -0.1) is 0 Å². The molecule has 0 aliphatic heterocycles. The minimum absolute atomic E-state index is 0.131. The number of hydrogen-bond acceptors (Lipinski definition) is 3. The van der Waals surface area contributed by atoms with E-state index in [2.05, 4.69) is 35.2 Å². The van der Waals surface area contributed by atoms with E-state index in [9.17, 15) is 4.79 Å². The zero-order valence-electron chi connectivity index (χ0n) is 12.6. The van der Waals surface area contributed by atoms with Crippen molar-refractivity contribution in [3.63, 3.8) is 0 Å². The fraction of sp³-hybridized carbons (Fsp3) is 0.588. The fourth-order valence-corrected chi connectivity index (χ4v) is 2.79. The Bertz CT molecular complexity index is 456. The van der Waals surface area contributed by atoms with Gasteiger partial charge in [-0.05, 0) is 62.3 Å². The zero-order chi connectivity index (χ0) is 14.4. The van der Waals surface area contributed by atoms with Crippen molar-refractivity contribution >= 4 is 5.97 Å². The van der Waals surface area contributed by atoms with Crippen molar-refractivity contribution in [1.82, 2.24) is 5.32 Å². The Hall–Kier alpha value is -1.35. The maximum atomic E-state index is 11.0. The zero-order valence-corrected chi connectivity index (χ0v) is 12.6. The average molecular weight is 275 g/mol. The molecular weight excluding hydrogens is 250 g/mol. The topological polar surface area (TPSA) is 38.3 Å². The summed E-state index contributed by atoms with van der Waals surface area (Å²) in [6.07, 6.45) is 6.40. The van der Waals surface area contributed by atoms with Crippen molar-refractivity contribution in [3.05, 3.63) is 34.9 Å². The number of esters is 1. The van der Waals surface area contributed by atoms with Crippen molar-refractivity contribution in [3.8, 4) is 0 Å². The summed E-state index contributed by atoms with van der Waals surface area (Å²) in [7, 11) is 1.44. The molecule has 0 amide bonds. The third-order valence-corrected chi connectivity index (χ3v) is 4.11. The first-order valence-corrected chi connectivity index (χ1v) is 7.62. The van der Waals surface area contributed by atoms with Gasteiger partial charge in [-0.3, -0.25) is 4.79 Å². The van der Waals surface area contributed by atoms with Gasteiger partial charge in [-0.1, -0.05) is 18.2 Å². The first-order chi connectivity index (χ1) is 9.70. The normalized spacial score (nSPS) is 15.5. The Labute approximate surface area is 121 Å². The molecule has 1 aliphatic carbocycles. The molecule has 0 saturated carbocycles. The molecule has 0 spiro atoms. The molecule has 1 N–H and O–H groups in total. The number of aryl methyl sites for hydroxylation is 2. The number of methoxy groups -OCH3 is 1. The van der Waals surface area contributed by atoms with E-state index in [1.54, 1.807) is 0 Å². The first kappa shape index (κ1) is 15.0. The maximum absolute atomic E-state index is 11.0. The Kier molecular flexibility index (Phi) is 5.60. The molecule has 0 heterocycles. The van der Waals surface area contributed by atoms with E-state index >= 15 is 0 Å². The maximum Gasteiger partial charge on any atom is 0.305 e. The van der Waals surface area contributed by atoms with E-state index in [1.165, 1.54) is 49.5 Å². The van der Waals surface area contributed by atoms with E-state index in [-0.39, 0.29) is 5.97 Å². The summed E-state index contributed by atoms with van der Waals surface area (Å²) in [6, 6.07) is 7.21. The molecule has 1 aliphatic rings. The van der Waals surface area contributed by atoms with Crippen molar-refractivity contribution in [2.24, 2.45) is 0 Å². The summed E-state index contributed by atoms with van der Waals surface area (Å²) < 4.78 is 4.64. The molecular formula is C17H25NO2. The van der Waals surface area contributed by atoms with Crippen LogP contribution in [0.3, 0.4) is 0 Å². The van der Waals surface area contributed by atoms with Gasteiger partial charge in [0.1, 0.15) is 0 Å². The largest absolute Gasteiger partial charge is 0.469 e. The van der Waals surface area contributed by atoms with Gasteiger partial charge in [0.15, 0.2) is 0 Å². The summed E-state index contributed by atoms with van der Waals surface area (Å²) in [6.45, 7) is 3.02. The smallest absolute Gasteiger partial charge is 0.305 e. The summed E-state index contributed by atoms with van der Waals surface area (Å²) in [5.74, 6) is -0.131. The molecule has 1 aromatic rings. The standard InChI is InChI=1S/C17H25NO2/c1-13(18-11-5-8-17(19)20-2)15-10-9-14-6-3-4-7-16(14)12-15/h9-10,12-13,18H,3-8,11H2,1-2H3. The summed E-state index contributed by atoms with van der Waals surface area (Å²) in [5, 5.41) is 3.48. The van der Waals surface area contributed by atoms with E-state index in [4.69, 9.17) is 0 Å². The second-order valence-electron chi connectivity index (χ2n) is 5.59. The van der Waals surface area contributed by atoms with E-state index in [1.807, 2.05) is 0 Å². The van der Waals surface area contributed by atoms with Crippen LogP contribution in [0.4, 0.5) is 0 Å². The van der Waals surface area contributed by atoms with Crippen LogP contribution in [-0.4, -0.2) is 19.6 Å². The van der Waals surface area contributed by atoms with Crippen LogP contribution in [0.15, 0.2) is 18.2 Å². The van der Waals surface area contributed by atoms with E-state index in [0.29, 0.717) is 12.5 Å². The van der Waals surface area contributed by atoms with Crippen molar-refractivity contribution in [2.75, 3.05) is 13.7 Å². The van der Waals surface area contributed by atoms with Gasteiger partial charge in [-0.2, -0.15) is 0 Å². The molecule has 0 radical (unpaired) electrons. The van der Waals surface area contributed by atoms with Crippen LogP contribution >= 0.6 is 0 Å². The molecule has 1 aromatic carbocycles. The van der Waals surface area contributed by atoms with Crippen LogP contribution < -0.4 is 5.32 Å². The van der Waals surface area contributed by atoms with Gasteiger partial charge in [0.25, 0.3) is 0 Å². The van der Waals surface area contributed by atoms with Crippen LogP contribution in [0.1, 0.15) is 55.3 Å². The molecule has 3 heteroatoms.